The zero-order valence-corrected chi connectivity index (χ0v) is 14.9. The molecule has 5 nitrogen and oxygen atoms in total. The second-order valence-electron chi connectivity index (χ2n) is 7.00. The maximum absolute atomic E-state index is 12.9. The van der Waals surface area contributed by atoms with Gasteiger partial charge in [-0.2, -0.15) is 0 Å². The third kappa shape index (κ3) is 3.90. The lowest BCUT2D eigenvalue weighted by molar-refractivity contribution is -0.0715. The lowest BCUT2D eigenvalue weighted by Gasteiger charge is -2.38. The number of carbonyl (C=O) groups excluding carboxylic acids is 1. The molecule has 1 aromatic carbocycles. The van der Waals surface area contributed by atoms with Gasteiger partial charge in [-0.15, -0.1) is 0 Å². The summed E-state index contributed by atoms with van der Waals surface area (Å²) in [5.41, 5.74) is 0.742. The zero-order valence-electron chi connectivity index (χ0n) is 14.9. The van der Waals surface area contributed by atoms with Crippen molar-refractivity contribution >= 4 is 5.91 Å². The normalized spacial score (nSPS) is 28.1. The van der Waals surface area contributed by atoms with Gasteiger partial charge >= 0.3 is 0 Å². The van der Waals surface area contributed by atoms with Crippen LogP contribution in [0.15, 0.2) is 24.3 Å². The van der Waals surface area contributed by atoms with Crippen molar-refractivity contribution in [2.75, 3.05) is 33.3 Å². The van der Waals surface area contributed by atoms with E-state index in [0.29, 0.717) is 6.04 Å². The summed E-state index contributed by atoms with van der Waals surface area (Å²) >= 11 is 0. The van der Waals surface area contributed by atoms with Crippen molar-refractivity contribution in [1.82, 2.24) is 9.80 Å². The van der Waals surface area contributed by atoms with Crippen molar-refractivity contribution in [3.05, 3.63) is 29.8 Å². The summed E-state index contributed by atoms with van der Waals surface area (Å²) in [5, 5.41) is 0. The van der Waals surface area contributed by atoms with E-state index in [1.54, 1.807) is 7.11 Å². The Morgan fingerprint density at radius 1 is 1.21 bits per heavy atom. The topological polar surface area (TPSA) is 42.0 Å². The average molecular weight is 332 g/mol. The average Bonchev–Trinajstić information content (AvgIpc) is 3.01. The number of amides is 1. The lowest BCUT2D eigenvalue weighted by atomic mass is 10.1. The van der Waals surface area contributed by atoms with Crippen molar-refractivity contribution in [1.29, 1.82) is 0 Å². The second kappa shape index (κ2) is 7.53. The molecule has 0 radical (unpaired) electrons. The van der Waals surface area contributed by atoms with Crippen LogP contribution in [0.3, 0.4) is 0 Å². The number of carbonyl (C=O) groups is 1. The largest absolute Gasteiger partial charge is 0.497 e. The molecule has 0 unspecified atom stereocenters. The molecular formula is C19H28N2O3. The van der Waals surface area contributed by atoms with Crippen molar-refractivity contribution in [2.45, 2.75) is 44.9 Å². The number of rotatable bonds is 4. The molecule has 2 fully saturated rings. The first-order valence-electron chi connectivity index (χ1n) is 8.89. The molecule has 24 heavy (non-hydrogen) atoms. The fourth-order valence-electron chi connectivity index (χ4n) is 3.92. The van der Waals surface area contributed by atoms with E-state index >= 15 is 0 Å². The van der Waals surface area contributed by atoms with E-state index in [-0.39, 0.29) is 18.1 Å². The number of likely N-dealkylation sites (tertiary alicyclic amines) is 1. The van der Waals surface area contributed by atoms with Crippen LogP contribution < -0.4 is 4.74 Å². The van der Waals surface area contributed by atoms with Gasteiger partial charge in [0.2, 0.25) is 0 Å². The number of hydrogen-bond donors (Lipinski definition) is 0. The predicted octanol–water partition coefficient (Wildman–Crippen LogP) is 2.41. The van der Waals surface area contributed by atoms with Crippen LogP contribution in [-0.4, -0.2) is 67.2 Å². The molecule has 1 amide bonds. The fraction of sp³-hybridized carbons (Fsp3) is 0.632. The Labute approximate surface area is 144 Å². The van der Waals surface area contributed by atoms with Crippen molar-refractivity contribution in [3.8, 4) is 5.75 Å². The van der Waals surface area contributed by atoms with Gasteiger partial charge in [-0.3, -0.25) is 9.69 Å². The smallest absolute Gasteiger partial charge is 0.254 e. The quantitative estimate of drug-likeness (QED) is 0.849. The molecule has 0 saturated carbocycles. The number of morpholine rings is 1. The van der Waals surface area contributed by atoms with Crippen LogP contribution in [0, 0.1) is 0 Å². The Morgan fingerprint density at radius 2 is 1.88 bits per heavy atom. The Morgan fingerprint density at radius 3 is 2.50 bits per heavy atom. The second-order valence-corrected chi connectivity index (χ2v) is 7.00. The molecule has 3 rings (SSSR count). The van der Waals surface area contributed by atoms with Crippen LogP contribution in [-0.2, 0) is 4.74 Å². The van der Waals surface area contributed by atoms with E-state index < -0.39 is 0 Å². The standard InChI is InChI=1S/C19H28N2O3/c1-14-11-20(12-15(2)24-14)13-17-5-4-10-21(17)19(22)16-6-8-18(23-3)9-7-16/h6-9,14-15,17H,4-5,10-13H2,1-3H3/t14-,15+,17-/m0/s1. The molecule has 0 aromatic heterocycles. The molecule has 0 aliphatic carbocycles. The van der Waals surface area contributed by atoms with Gasteiger partial charge in [0, 0.05) is 37.8 Å². The molecule has 3 atom stereocenters. The molecular weight excluding hydrogens is 304 g/mol. The van der Waals surface area contributed by atoms with Crippen LogP contribution >= 0.6 is 0 Å². The van der Waals surface area contributed by atoms with Gasteiger partial charge in [-0.1, -0.05) is 0 Å². The molecule has 2 heterocycles. The number of hydrogen-bond acceptors (Lipinski definition) is 4. The van der Waals surface area contributed by atoms with Crippen molar-refractivity contribution in [3.63, 3.8) is 0 Å². The van der Waals surface area contributed by atoms with Gasteiger partial charge in [0.1, 0.15) is 5.75 Å². The molecule has 1 aromatic rings. The summed E-state index contributed by atoms with van der Waals surface area (Å²) in [4.78, 5) is 17.4. The van der Waals surface area contributed by atoms with Gasteiger partial charge in [0.05, 0.1) is 19.3 Å². The number of methoxy groups -OCH3 is 1. The van der Waals surface area contributed by atoms with E-state index in [4.69, 9.17) is 9.47 Å². The molecule has 0 bridgehead atoms. The molecule has 2 saturated heterocycles. The van der Waals surface area contributed by atoms with Crippen LogP contribution in [0.2, 0.25) is 0 Å². The minimum absolute atomic E-state index is 0.134. The Balaban J connectivity index is 1.64. The summed E-state index contributed by atoms with van der Waals surface area (Å²) in [6, 6.07) is 7.72. The highest BCUT2D eigenvalue weighted by Crippen LogP contribution is 2.23. The predicted molar refractivity (Wildman–Crippen MR) is 93.5 cm³/mol. The summed E-state index contributed by atoms with van der Waals surface area (Å²) in [6.45, 7) is 7.94. The maximum atomic E-state index is 12.9. The van der Waals surface area contributed by atoms with Gasteiger partial charge in [0.25, 0.3) is 5.91 Å². The molecule has 5 heteroatoms. The van der Waals surface area contributed by atoms with Gasteiger partial charge in [0.15, 0.2) is 0 Å². The summed E-state index contributed by atoms with van der Waals surface area (Å²) in [6.07, 6.45) is 2.70. The SMILES string of the molecule is COc1ccc(C(=O)N2CCC[C@H]2CN2C[C@@H](C)O[C@@H](C)C2)cc1. The van der Waals surface area contributed by atoms with Crippen molar-refractivity contribution < 1.29 is 14.3 Å². The molecule has 2 aliphatic heterocycles. The van der Waals surface area contributed by atoms with Crippen LogP contribution in [0.1, 0.15) is 37.0 Å². The minimum atomic E-state index is 0.134. The van der Waals surface area contributed by atoms with Crippen LogP contribution in [0.25, 0.3) is 0 Å². The van der Waals surface area contributed by atoms with E-state index in [1.807, 2.05) is 29.2 Å². The first kappa shape index (κ1) is 17.2. The highest BCUT2D eigenvalue weighted by molar-refractivity contribution is 5.94. The Hall–Kier alpha value is -1.59. The molecule has 2 aliphatic rings. The minimum Gasteiger partial charge on any atom is -0.497 e. The molecule has 132 valence electrons. The highest BCUT2D eigenvalue weighted by atomic mass is 16.5. The van der Waals surface area contributed by atoms with E-state index in [1.165, 1.54) is 0 Å². The van der Waals surface area contributed by atoms with Crippen LogP contribution in [0.4, 0.5) is 0 Å². The van der Waals surface area contributed by atoms with E-state index in [0.717, 1.165) is 50.3 Å². The monoisotopic (exact) mass is 332 g/mol. The lowest BCUT2D eigenvalue weighted by Crippen LogP contribution is -2.50. The highest BCUT2D eigenvalue weighted by Gasteiger charge is 2.32. The maximum Gasteiger partial charge on any atom is 0.254 e. The summed E-state index contributed by atoms with van der Waals surface area (Å²) < 4.78 is 11.0. The summed E-state index contributed by atoms with van der Waals surface area (Å²) in [5.74, 6) is 0.912. The zero-order chi connectivity index (χ0) is 17.1. The Kier molecular flexibility index (Phi) is 5.41. The van der Waals surface area contributed by atoms with Gasteiger partial charge in [-0.05, 0) is 51.0 Å². The van der Waals surface area contributed by atoms with Crippen LogP contribution in [0.5, 0.6) is 5.75 Å². The third-order valence-corrected chi connectivity index (χ3v) is 4.94. The van der Waals surface area contributed by atoms with E-state index in [2.05, 4.69) is 18.7 Å². The van der Waals surface area contributed by atoms with Gasteiger partial charge < -0.3 is 14.4 Å². The Bertz CT molecular complexity index is 550. The number of nitrogens with zero attached hydrogens (tertiary/aromatic N) is 2. The third-order valence-electron chi connectivity index (χ3n) is 4.94. The van der Waals surface area contributed by atoms with E-state index in [9.17, 15) is 4.79 Å². The van der Waals surface area contributed by atoms with Crippen molar-refractivity contribution in [2.24, 2.45) is 0 Å². The number of ether oxygens (including phenoxy) is 2. The van der Waals surface area contributed by atoms with Gasteiger partial charge in [-0.25, -0.2) is 0 Å². The number of benzene rings is 1. The molecule has 0 spiro atoms. The molecule has 0 N–H and O–H groups in total. The first-order chi connectivity index (χ1) is 11.6. The fourth-order valence-corrected chi connectivity index (χ4v) is 3.92. The first-order valence-corrected chi connectivity index (χ1v) is 8.89. The summed E-state index contributed by atoms with van der Waals surface area (Å²) in [7, 11) is 1.64.